The van der Waals surface area contributed by atoms with Gasteiger partial charge < -0.3 is 36.6 Å². The number of aliphatic imine (C=N–C) groups is 1. The zero-order chi connectivity index (χ0) is 64.3. The van der Waals surface area contributed by atoms with Crippen LogP contribution < -0.4 is 41.9 Å². The van der Waals surface area contributed by atoms with Gasteiger partial charge >= 0.3 is 16.8 Å². The fraction of sp³-hybridized carbons (Fsp3) is 0.382. The molecule has 466 valence electrons. The molecular weight excluding hydrogens is 1150 g/mol. The van der Waals surface area contributed by atoms with Crippen molar-refractivity contribution >= 4 is 74.4 Å². The molecule has 4 N–H and O–H groups in total. The first kappa shape index (κ1) is 66.9. The summed E-state index contributed by atoms with van der Waals surface area (Å²) in [4.78, 5) is 73.1. The van der Waals surface area contributed by atoms with Gasteiger partial charge in [0.15, 0.2) is 0 Å². The van der Waals surface area contributed by atoms with Gasteiger partial charge in [-0.2, -0.15) is 0 Å². The van der Waals surface area contributed by atoms with Crippen LogP contribution >= 0.6 is 0 Å². The molecule has 3 aliphatic heterocycles. The number of hydrogen-bond donors (Lipinski definition) is 4. The van der Waals surface area contributed by atoms with Gasteiger partial charge in [-0.25, -0.2) is 4.99 Å². The number of nitrogens with zero attached hydrogens (tertiary/aromatic N) is 4. The van der Waals surface area contributed by atoms with Gasteiger partial charge in [0.05, 0.1) is 34.2 Å². The van der Waals surface area contributed by atoms with Crippen molar-refractivity contribution in [1.82, 2.24) is 9.97 Å². The van der Waals surface area contributed by atoms with Gasteiger partial charge in [-0.15, -0.1) is 27.8 Å². The SMILES string of the molecule is CC(C)C(=O)Nc1cccc(NC(=O)C(C)C)c1/C1=C2\C=CC([N-]2)/C(c2cc(C(C)(C)C)cc(C(C)(C)C)c2)=c2/cc/c([n-]2)=C(\c2c(NC(=O)C(C)C)cccc2NC(=O)C(C)C)C2=N/C(=C(/c3cc(C(C)(C)C)cc(C(C)(C)C)c3)c3ccc1[n-]3)C=C2.[Co+3]. The first-order valence-electron chi connectivity index (χ1n) is 31.1. The Kier molecular flexibility index (Phi) is 19.2. The number of allylic oxidation sites excluding steroid dienone is 3. The van der Waals surface area contributed by atoms with Gasteiger partial charge in [0.2, 0.25) is 23.6 Å². The molecule has 8 bridgehead atoms. The predicted octanol–water partition coefficient (Wildman–Crippen LogP) is 15.1. The summed E-state index contributed by atoms with van der Waals surface area (Å²) in [6.45, 7) is 41.5. The van der Waals surface area contributed by atoms with E-state index in [0.717, 1.165) is 44.5 Å². The number of rotatable bonds is 12. The fourth-order valence-electron chi connectivity index (χ4n) is 10.8. The van der Waals surface area contributed by atoms with Crippen LogP contribution in [0, 0.1) is 23.7 Å². The fourth-order valence-corrected chi connectivity index (χ4v) is 10.8. The Morgan fingerprint density at radius 2 is 0.820 bits per heavy atom. The largest absolute Gasteiger partial charge is 3.00 e. The average Bonchev–Trinajstić information content (AvgIpc) is 1.75. The number of nitrogens with one attached hydrogen (secondary N) is 4. The van der Waals surface area contributed by atoms with E-state index in [4.69, 9.17) is 20.3 Å². The Morgan fingerprint density at radius 3 is 1.22 bits per heavy atom. The Labute approximate surface area is 538 Å². The van der Waals surface area contributed by atoms with Crippen LogP contribution in [0.3, 0.4) is 0 Å². The number of carbonyl (C=O) groups is 4. The second-order valence-corrected chi connectivity index (χ2v) is 29.1. The van der Waals surface area contributed by atoms with E-state index in [9.17, 15) is 19.2 Å². The van der Waals surface area contributed by atoms with E-state index in [1.165, 1.54) is 0 Å². The van der Waals surface area contributed by atoms with Crippen LogP contribution in [0.5, 0.6) is 0 Å². The van der Waals surface area contributed by atoms with Gasteiger partial charge in [0.1, 0.15) is 0 Å². The van der Waals surface area contributed by atoms with Gasteiger partial charge in [0.25, 0.3) is 0 Å². The van der Waals surface area contributed by atoms with Crippen molar-refractivity contribution in [2.45, 2.75) is 166 Å². The molecule has 2 aromatic heterocycles. The number of benzene rings is 4. The van der Waals surface area contributed by atoms with E-state index in [0.29, 0.717) is 84.2 Å². The molecule has 4 aromatic carbocycles. The van der Waals surface area contributed by atoms with Gasteiger partial charge in [0, 0.05) is 34.8 Å². The summed E-state index contributed by atoms with van der Waals surface area (Å²) in [7, 11) is 0. The van der Waals surface area contributed by atoms with E-state index in [1.807, 2.05) is 134 Å². The molecular formula is C76H89CoN8O4. The van der Waals surface area contributed by atoms with E-state index in [-0.39, 0.29) is 85.7 Å². The normalized spacial score (nSPS) is 18.1. The zero-order valence-electron chi connectivity index (χ0n) is 55.7. The third-order valence-electron chi connectivity index (χ3n) is 16.4. The van der Waals surface area contributed by atoms with Crippen LogP contribution in [0.1, 0.15) is 194 Å². The van der Waals surface area contributed by atoms with Crippen molar-refractivity contribution in [1.29, 1.82) is 0 Å². The number of anilines is 4. The molecule has 0 saturated carbocycles. The molecule has 12 nitrogen and oxygen atoms in total. The summed E-state index contributed by atoms with van der Waals surface area (Å²) >= 11 is 0. The number of fused-ring (bicyclic) bond motifs is 7. The van der Waals surface area contributed by atoms with E-state index in [1.54, 1.807) is 0 Å². The molecule has 0 fully saturated rings. The van der Waals surface area contributed by atoms with E-state index >= 15 is 0 Å². The quantitative estimate of drug-likeness (QED) is 0.0950. The number of hydrogen-bond acceptors (Lipinski definition) is 5. The molecule has 5 heterocycles. The van der Waals surface area contributed by atoms with Crippen LogP contribution in [0.2, 0.25) is 0 Å². The average molecular weight is 1240 g/mol. The molecule has 1 unspecified atom stereocenters. The Morgan fingerprint density at radius 1 is 0.438 bits per heavy atom. The third kappa shape index (κ3) is 14.4. The Bertz CT molecular complexity index is 3940. The summed E-state index contributed by atoms with van der Waals surface area (Å²) < 4.78 is 0. The van der Waals surface area contributed by atoms with E-state index < -0.39 is 6.04 Å². The van der Waals surface area contributed by atoms with Crippen LogP contribution in [-0.4, -0.2) is 35.4 Å². The van der Waals surface area contributed by atoms with Crippen LogP contribution in [0.25, 0.3) is 27.6 Å². The molecule has 0 radical (unpaired) electrons. The van der Waals surface area contributed by atoms with Crippen molar-refractivity contribution in [3.05, 3.63) is 205 Å². The molecule has 13 heteroatoms. The second kappa shape index (κ2) is 25.5. The minimum Gasteiger partial charge on any atom is -0.674 e. The number of amides is 4. The zero-order valence-corrected chi connectivity index (χ0v) is 56.7. The van der Waals surface area contributed by atoms with Crippen molar-refractivity contribution in [3.8, 4) is 0 Å². The molecule has 9 rings (SSSR count). The van der Waals surface area contributed by atoms with Crippen molar-refractivity contribution < 1.29 is 36.0 Å². The van der Waals surface area contributed by atoms with Crippen molar-refractivity contribution in [2.24, 2.45) is 28.7 Å². The first-order valence-corrected chi connectivity index (χ1v) is 31.1. The van der Waals surface area contributed by atoms with Crippen LogP contribution in [-0.2, 0) is 57.6 Å². The number of aromatic nitrogens is 2. The predicted molar refractivity (Wildman–Crippen MR) is 363 cm³/mol. The second-order valence-electron chi connectivity index (χ2n) is 29.1. The van der Waals surface area contributed by atoms with Gasteiger partial charge in [-0.3, -0.25) is 19.2 Å². The van der Waals surface area contributed by atoms with Gasteiger partial charge in [-0.05, 0) is 108 Å². The summed E-state index contributed by atoms with van der Waals surface area (Å²) in [5.74, 6) is -2.24. The van der Waals surface area contributed by atoms with Crippen molar-refractivity contribution in [3.63, 3.8) is 0 Å². The standard InChI is InChI=1S/C76H92N8O4.Co/c1-41(2)69(85)81-51-23-21-24-52(82-70(86)42(3)4)65(51)67-59-31-27-55(77-59)63(45-35-47(73(9,10)11)39-48(36-45)74(12,13)14)57-29-33-61(79-57)68(66-53(83-71(87)43(5)6)25-22-26-54(66)84-72(88)44(7)8)62-34-30-58(80-62)64(56-28-32-60(67)78-56)46-37-49(75(15,16)17)40-50(38-46)76(18,19)20;/h21-44,55H,1-20H3,(H7,77,78,79,80,81,82,83,84,85,86,87,88);/q;+3/p-3/b63-57-;. The van der Waals surface area contributed by atoms with Gasteiger partial charge in [-0.1, -0.05) is 235 Å². The molecule has 3 aliphatic rings. The summed E-state index contributed by atoms with van der Waals surface area (Å²) in [5, 5.41) is 19.9. The van der Waals surface area contributed by atoms with Crippen molar-refractivity contribution in [2.75, 3.05) is 21.3 Å². The monoisotopic (exact) mass is 1240 g/mol. The number of carbonyl (C=O) groups excluding carboxylic acids is 4. The molecule has 0 aliphatic carbocycles. The summed E-state index contributed by atoms with van der Waals surface area (Å²) in [6.07, 6.45) is 8.13. The topological polar surface area (TPSA) is 171 Å². The summed E-state index contributed by atoms with van der Waals surface area (Å²) in [5.41, 5.74) is 14.2. The Balaban J connectivity index is 0.0000102. The molecule has 1 atom stereocenters. The maximum atomic E-state index is 14.0. The maximum Gasteiger partial charge on any atom is 3.00 e. The minimum atomic E-state index is -0.632. The third-order valence-corrected chi connectivity index (χ3v) is 16.4. The van der Waals surface area contributed by atoms with Crippen LogP contribution in [0.15, 0.2) is 138 Å². The summed E-state index contributed by atoms with van der Waals surface area (Å²) in [6, 6.07) is 32.1. The molecule has 0 saturated heterocycles. The van der Waals surface area contributed by atoms with Crippen LogP contribution in [0.4, 0.5) is 22.7 Å². The van der Waals surface area contributed by atoms with E-state index in [2.05, 4.69) is 147 Å². The molecule has 89 heavy (non-hydrogen) atoms. The Hall–Kier alpha value is -8.00. The molecule has 6 aromatic rings. The smallest absolute Gasteiger partial charge is 0.674 e. The molecule has 0 spiro atoms. The molecule has 4 amide bonds. The first-order chi connectivity index (χ1) is 41.1. The minimum absolute atomic E-state index is 0. The maximum absolute atomic E-state index is 14.0.